The third-order valence-electron chi connectivity index (χ3n) is 3.77. The van der Waals surface area contributed by atoms with Gasteiger partial charge >= 0.3 is 5.97 Å². The molecule has 0 saturated carbocycles. The highest BCUT2D eigenvalue weighted by atomic mass is 32.1. The normalized spacial score (nSPS) is 19.1. The van der Waals surface area contributed by atoms with Crippen LogP contribution in [0.3, 0.4) is 0 Å². The van der Waals surface area contributed by atoms with Crippen LogP contribution in [0.2, 0.25) is 0 Å². The van der Waals surface area contributed by atoms with Gasteiger partial charge in [0.2, 0.25) is 0 Å². The van der Waals surface area contributed by atoms with E-state index in [4.69, 9.17) is 4.74 Å². The van der Waals surface area contributed by atoms with Crippen molar-refractivity contribution in [3.05, 3.63) is 21.9 Å². The van der Waals surface area contributed by atoms with E-state index in [9.17, 15) is 4.79 Å². The molecule has 2 heterocycles. The minimum Gasteiger partial charge on any atom is -0.466 e. The van der Waals surface area contributed by atoms with Gasteiger partial charge in [0.25, 0.3) is 0 Å². The summed E-state index contributed by atoms with van der Waals surface area (Å²) < 4.78 is 5.15. The molecular formula is C16H25N3O2S. The number of nitrogens with zero attached hydrogens (tertiary/aromatic N) is 2. The minimum atomic E-state index is -0.0865. The largest absolute Gasteiger partial charge is 0.466 e. The fourth-order valence-corrected chi connectivity index (χ4v) is 3.53. The van der Waals surface area contributed by atoms with E-state index < -0.39 is 0 Å². The Balaban J connectivity index is 1.91. The maximum absolute atomic E-state index is 11.9. The molecule has 0 aromatic carbocycles. The Morgan fingerprint density at radius 2 is 2.36 bits per heavy atom. The molecule has 1 aliphatic heterocycles. The molecule has 1 aromatic rings. The van der Waals surface area contributed by atoms with Crippen molar-refractivity contribution in [2.75, 3.05) is 26.7 Å². The van der Waals surface area contributed by atoms with Crippen LogP contribution < -0.4 is 5.32 Å². The number of guanidine groups is 1. The number of nitrogens with one attached hydrogen (secondary N) is 1. The maximum atomic E-state index is 11.9. The fourth-order valence-electron chi connectivity index (χ4n) is 2.70. The Hall–Kier alpha value is -1.56. The zero-order valence-corrected chi connectivity index (χ0v) is 14.4. The number of aliphatic imine (C=N–C) groups is 1. The number of esters is 1. The van der Waals surface area contributed by atoms with Gasteiger partial charge in [-0.3, -0.25) is 9.79 Å². The van der Waals surface area contributed by atoms with Crippen LogP contribution in [0.25, 0.3) is 0 Å². The van der Waals surface area contributed by atoms with Gasteiger partial charge in [0.15, 0.2) is 5.96 Å². The van der Waals surface area contributed by atoms with E-state index in [0.29, 0.717) is 13.2 Å². The lowest BCUT2D eigenvalue weighted by atomic mass is 9.98. The van der Waals surface area contributed by atoms with E-state index in [2.05, 4.69) is 34.3 Å². The number of ether oxygens (including phenoxy) is 1. The Morgan fingerprint density at radius 3 is 3.00 bits per heavy atom. The highest BCUT2D eigenvalue weighted by molar-refractivity contribution is 7.11. The third kappa shape index (κ3) is 4.47. The molecule has 122 valence electrons. The van der Waals surface area contributed by atoms with E-state index >= 15 is 0 Å². The fraction of sp³-hybridized carbons (Fsp3) is 0.625. The van der Waals surface area contributed by atoms with Gasteiger partial charge in [-0.25, -0.2) is 0 Å². The topological polar surface area (TPSA) is 53.9 Å². The van der Waals surface area contributed by atoms with E-state index in [1.807, 2.05) is 6.92 Å². The van der Waals surface area contributed by atoms with Crippen LogP contribution in [0, 0.1) is 12.8 Å². The van der Waals surface area contributed by atoms with Gasteiger partial charge in [-0.15, -0.1) is 11.3 Å². The molecule has 1 atom stereocenters. The third-order valence-corrected chi connectivity index (χ3v) is 4.77. The lowest BCUT2D eigenvalue weighted by Crippen LogP contribution is -2.48. The molecule has 1 aliphatic rings. The maximum Gasteiger partial charge on any atom is 0.310 e. The first kappa shape index (κ1) is 16.8. The number of hydrogen-bond donors (Lipinski definition) is 1. The summed E-state index contributed by atoms with van der Waals surface area (Å²) in [6.45, 7) is 6.78. The van der Waals surface area contributed by atoms with Crippen molar-refractivity contribution in [3.8, 4) is 0 Å². The minimum absolute atomic E-state index is 0.0452. The lowest BCUT2D eigenvalue weighted by Gasteiger charge is -2.33. The lowest BCUT2D eigenvalue weighted by molar-refractivity contribution is -0.149. The van der Waals surface area contributed by atoms with Gasteiger partial charge in [0.1, 0.15) is 0 Å². The Morgan fingerprint density at radius 1 is 1.55 bits per heavy atom. The molecule has 5 nitrogen and oxygen atoms in total. The predicted octanol–water partition coefficient (Wildman–Crippen LogP) is 2.41. The zero-order valence-electron chi connectivity index (χ0n) is 13.6. The molecule has 0 radical (unpaired) electrons. The second-order valence-electron chi connectivity index (χ2n) is 5.45. The van der Waals surface area contributed by atoms with Crippen LogP contribution in [0.1, 0.15) is 29.5 Å². The monoisotopic (exact) mass is 323 g/mol. The first-order chi connectivity index (χ1) is 10.6. The molecule has 1 saturated heterocycles. The van der Waals surface area contributed by atoms with Crippen molar-refractivity contribution in [1.82, 2.24) is 10.2 Å². The quantitative estimate of drug-likeness (QED) is 0.525. The van der Waals surface area contributed by atoms with Crippen molar-refractivity contribution in [2.45, 2.75) is 33.2 Å². The molecule has 1 fully saturated rings. The number of likely N-dealkylation sites (tertiary alicyclic amines) is 1. The smallest absolute Gasteiger partial charge is 0.310 e. The Kier molecular flexibility index (Phi) is 6.24. The molecule has 1 aromatic heterocycles. The van der Waals surface area contributed by atoms with E-state index in [0.717, 1.165) is 31.9 Å². The van der Waals surface area contributed by atoms with Gasteiger partial charge in [0, 0.05) is 29.9 Å². The van der Waals surface area contributed by atoms with Crippen LogP contribution in [0.4, 0.5) is 0 Å². The van der Waals surface area contributed by atoms with Crippen molar-refractivity contribution in [3.63, 3.8) is 0 Å². The average molecular weight is 323 g/mol. The van der Waals surface area contributed by atoms with Gasteiger partial charge in [-0.05, 0) is 38.8 Å². The highest BCUT2D eigenvalue weighted by Gasteiger charge is 2.28. The summed E-state index contributed by atoms with van der Waals surface area (Å²) in [5.41, 5.74) is 0. The molecule has 6 heteroatoms. The molecule has 0 spiro atoms. The highest BCUT2D eigenvalue weighted by Crippen LogP contribution is 2.19. The van der Waals surface area contributed by atoms with Crippen LogP contribution in [0.5, 0.6) is 0 Å². The first-order valence-corrected chi connectivity index (χ1v) is 8.63. The van der Waals surface area contributed by atoms with E-state index in [-0.39, 0.29) is 11.9 Å². The summed E-state index contributed by atoms with van der Waals surface area (Å²) in [4.78, 5) is 21.0. The molecule has 0 amide bonds. The van der Waals surface area contributed by atoms with E-state index in [1.165, 1.54) is 9.75 Å². The van der Waals surface area contributed by atoms with Crippen LogP contribution in [-0.4, -0.2) is 43.6 Å². The summed E-state index contributed by atoms with van der Waals surface area (Å²) in [6, 6.07) is 4.26. The summed E-state index contributed by atoms with van der Waals surface area (Å²) in [7, 11) is 1.79. The SMILES string of the molecule is CCOC(=O)C1CCCN(C(=NC)NCc2ccc(C)s2)C1. The molecule has 1 N–H and O–H groups in total. The first-order valence-electron chi connectivity index (χ1n) is 7.81. The van der Waals surface area contributed by atoms with Gasteiger partial charge in [-0.2, -0.15) is 0 Å². The predicted molar refractivity (Wildman–Crippen MR) is 90.2 cm³/mol. The molecule has 0 bridgehead atoms. The van der Waals surface area contributed by atoms with Crippen molar-refractivity contribution in [1.29, 1.82) is 0 Å². The number of aryl methyl sites for hydroxylation is 1. The number of piperidine rings is 1. The van der Waals surface area contributed by atoms with Crippen molar-refractivity contribution >= 4 is 23.3 Å². The molecule has 0 aliphatic carbocycles. The summed E-state index contributed by atoms with van der Waals surface area (Å²) in [5.74, 6) is 0.729. The van der Waals surface area contributed by atoms with Crippen LogP contribution >= 0.6 is 11.3 Å². The molecule has 1 unspecified atom stereocenters. The Bertz CT molecular complexity index is 527. The summed E-state index contributed by atoms with van der Waals surface area (Å²) in [6.07, 6.45) is 1.89. The number of rotatable bonds is 4. The molecule has 22 heavy (non-hydrogen) atoms. The van der Waals surface area contributed by atoms with Crippen LogP contribution in [0.15, 0.2) is 17.1 Å². The van der Waals surface area contributed by atoms with Crippen LogP contribution in [-0.2, 0) is 16.1 Å². The van der Waals surface area contributed by atoms with E-state index in [1.54, 1.807) is 18.4 Å². The number of carbonyl (C=O) groups is 1. The second kappa shape index (κ2) is 8.17. The number of carbonyl (C=O) groups excluding carboxylic acids is 1. The van der Waals surface area contributed by atoms with Gasteiger partial charge in [-0.1, -0.05) is 0 Å². The molecule has 2 rings (SSSR count). The Labute approximate surface area is 136 Å². The number of thiophene rings is 1. The van der Waals surface area contributed by atoms with Gasteiger partial charge in [0.05, 0.1) is 19.1 Å². The average Bonchev–Trinajstić information content (AvgIpc) is 2.94. The van der Waals surface area contributed by atoms with Gasteiger partial charge < -0.3 is 15.0 Å². The number of hydrogen-bond acceptors (Lipinski definition) is 4. The second-order valence-corrected chi connectivity index (χ2v) is 6.82. The van der Waals surface area contributed by atoms with Crippen molar-refractivity contribution < 1.29 is 9.53 Å². The summed E-state index contributed by atoms with van der Waals surface area (Å²) >= 11 is 1.79. The standard InChI is InChI=1S/C16H25N3O2S/c1-4-21-15(20)13-6-5-9-19(11-13)16(17-3)18-10-14-8-7-12(2)22-14/h7-8,13H,4-6,9-11H2,1-3H3,(H,17,18). The summed E-state index contributed by atoms with van der Waals surface area (Å²) in [5, 5.41) is 3.39. The molecular weight excluding hydrogens is 298 g/mol. The van der Waals surface area contributed by atoms with Crippen molar-refractivity contribution in [2.24, 2.45) is 10.9 Å². The zero-order chi connectivity index (χ0) is 15.9.